The Balaban J connectivity index is 1.18. The number of nitrogens with zero attached hydrogens (tertiary/aromatic N) is 5. The SMILES string of the molecule is CC(C)c1noc(N2CCC(OC3CCC(Oc4cnc(S(C)(=O)=O)cn4)CC3)CC2)n1. The first-order valence-electron chi connectivity index (χ1n) is 11.2. The van der Waals surface area contributed by atoms with Gasteiger partial charge in [-0.15, -0.1) is 0 Å². The van der Waals surface area contributed by atoms with Crippen LogP contribution in [0.15, 0.2) is 21.9 Å². The van der Waals surface area contributed by atoms with E-state index in [0.717, 1.165) is 63.7 Å². The van der Waals surface area contributed by atoms with Crippen molar-refractivity contribution in [2.75, 3.05) is 24.2 Å². The summed E-state index contributed by atoms with van der Waals surface area (Å²) >= 11 is 0. The molecule has 0 radical (unpaired) electrons. The van der Waals surface area contributed by atoms with Gasteiger partial charge in [-0.1, -0.05) is 19.0 Å². The number of ether oxygens (including phenoxy) is 2. The van der Waals surface area contributed by atoms with E-state index in [1.165, 1.54) is 12.4 Å². The minimum absolute atomic E-state index is 0.0442. The van der Waals surface area contributed by atoms with Crippen molar-refractivity contribution >= 4 is 15.9 Å². The van der Waals surface area contributed by atoms with Crippen LogP contribution in [0.5, 0.6) is 5.88 Å². The van der Waals surface area contributed by atoms with Gasteiger partial charge >= 0.3 is 6.01 Å². The first kappa shape index (κ1) is 22.9. The molecule has 10 nitrogen and oxygen atoms in total. The summed E-state index contributed by atoms with van der Waals surface area (Å²) in [5.74, 6) is 1.36. The predicted octanol–water partition coefficient (Wildman–Crippen LogP) is 2.76. The molecule has 4 rings (SSSR count). The number of sulfone groups is 1. The molecule has 0 bridgehead atoms. The van der Waals surface area contributed by atoms with Gasteiger partial charge in [-0.2, -0.15) is 4.98 Å². The molecule has 3 heterocycles. The highest BCUT2D eigenvalue weighted by Crippen LogP contribution is 2.28. The summed E-state index contributed by atoms with van der Waals surface area (Å²) < 4.78 is 40.6. The van der Waals surface area contributed by atoms with Crippen LogP contribution in [-0.4, -0.2) is 66.2 Å². The van der Waals surface area contributed by atoms with Crippen LogP contribution in [0.4, 0.5) is 6.01 Å². The van der Waals surface area contributed by atoms with E-state index in [1.54, 1.807) is 0 Å². The van der Waals surface area contributed by atoms with Crippen molar-refractivity contribution in [3.8, 4) is 5.88 Å². The number of hydrogen-bond donors (Lipinski definition) is 0. The second-order valence-corrected chi connectivity index (χ2v) is 10.9. The number of piperidine rings is 1. The van der Waals surface area contributed by atoms with E-state index < -0.39 is 9.84 Å². The van der Waals surface area contributed by atoms with Gasteiger partial charge in [0.1, 0.15) is 6.10 Å². The Hall–Kier alpha value is -2.27. The average molecular weight is 466 g/mol. The predicted molar refractivity (Wildman–Crippen MR) is 117 cm³/mol. The molecule has 0 spiro atoms. The molecule has 32 heavy (non-hydrogen) atoms. The van der Waals surface area contributed by atoms with Crippen LogP contribution in [-0.2, 0) is 14.6 Å². The van der Waals surface area contributed by atoms with Gasteiger partial charge in [0.2, 0.25) is 5.88 Å². The number of rotatable bonds is 7. The maximum atomic E-state index is 11.5. The molecular weight excluding hydrogens is 434 g/mol. The Morgan fingerprint density at radius 2 is 1.66 bits per heavy atom. The van der Waals surface area contributed by atoms with Gasteiger partial charge in [-0.05, 0) is 38.5 Å². The van der Waals surface area contributed by atoms with Gasteiger partial charge in [0.25, 0.3) is 0 Å². The van der Waals surface area contributed by atoms with Gasteiger partial charge in [-0.25, -0.2) is 18.4 Å². The molecule has 2 aromatic rings. The Kier molecular flexibility index (Phi) is 6.94. The quantitative estimate of drug-likeness (QED) is 0.603. The third kappa shape index (κ3) is 5.74. The Bertz CT molecular complexity index is 978. The van der Waals surface area contributed by atoms with Crippen molar-refractivity contribution in [2.45, 2.75) is 81.6 Å². The lowest BCUT2D eigenvalue weighted by Crippen LogP contribution is -2.39. The molecule has 0 atom stereocenters. The maximum absolute atomic E-state index is 11.5. The van der Waals surface area contributed by atoms with Crippen molar-refractivity contribution < 1.29 is 22.4 Å². The van der Waals surface area contributed by atoms with Crippen molar-refractivity contribution in [3.05, 3.63) is 18.2 Å². The first-order valence-corrected chi connectivity index (χ1v) is 13.1. The first-order chi connectivity index (χ1) is 15.3. The molecule has 1 aliphatic heterocycles. The lowest BCUT2D eigenvalue weighted by molar-refractivity contribution is -0.0534. The molecule has 0 N–H and O–H groups in total. The summed E-state index contributed by atoms with van der Waals surface area (Å²) in [7, 11) is -3.36. The molecule has 0 aromatic carbocycles. The normalized spacial score (nSPS) is 22.9. The van der Waals surface area contributed by atoms with Crippen molar-refractivity contribution in [1.29, 1.82) is 0 Å². The van der Waals surface area contributed by atoms with E-state index in [-0.39, 0.29) is 29.3 Å². The van der Waals surface area contributed by atoms with Gasteiger partial charge < -0.3 is 18.9 Å². The molecule has 2 fully saturated rings. The van der Waals surface area contributed by atoms with Gasteiger partial charge in [0, 0.05) is 25.3 Å². The van der Waals surface area contributed by atoms with E-state index in [0.29, 0.717) is 11.9 Å². The Morgan fingerprint density at radius 1 is 1.00 bits per heavy atom. The largest absolute Gasteiger partial charge is 0.473 e. The van der Waals surface area contributed by atoms with Crippen molar-refractivity contribution in [2.24, 2.45) is 0 Å². The van der Waals surface area contributed by atoms with E-state index in [1.807, 2.05) is 0 Å². The van der Waals surface area contributed by atoms with E-state index in [4.69, 9.17) is 14.0 Å². The molecule has 2 aliphatic rings. The smallest absolute Gasteiger partial charge is 0.324 e. The molecule has 1 saturated carbocycles. The second kappa shape index (κ2) is 9.70. The molecule has 11 heteroatoms. The van der Waals surface area contributed by atoms with Crippen LogP contribution in [0, 0.1) is 0 Å². The molecule has 1 aliphatic carbocycles. The Morgan fingerprint density at radius 3 is 2.22 bits per heavy atom. The summed E-state index contributed by atoms with van der Waals surface area (Å²) in [4.78, 5) is 14.6. The zero-order chi connectivity index (χ0) is 22.7. The van der Waals surface area contributed by atoms with Crippen molar-refractivity contribution in [1.82, 2.24) is 20.1 Å². The molecular formula is C21H31N5O5S. The molecule has 0 amide bonds. The topological polar surface area (TPSA) is 121 Å². The van der Waals surface area contributed by atoms with Gasteiger partial charge in [0.15, 0.2) is 20.7 Å². The lowest BCUT2D eigenvalue weighted by atomic mass is 9.94. The summed E-state index contributed by atoms with van der Waals surface area (Å²) in [5, 5.41) is 4.00. The summed E-state index contributed by atoms with van der Waals surface area (Å²) in [5.41, 5.74) is 0. The minimum atomic E-state index is -3.36. The van der Waals surface area contributed by atoms with Crippen molar-refractivity contribution in [3.63, 3.8) is 0 Å². The fourth-order valence-electron chi connectivity index (χ4n) is 4.06. The summed E-state index contributed by atoms with van der Waals surface area (Å²) in [6.45, 7) is 5.81. The fourth-order valence-corrected chi connectivity index (χ4v) is 4.55. The number of anilines is 1. The molecule has 2 aromatic heterocycles. The second-order valence-electron chi connectivity index (χ2n) is 8.89. The third-order valence-electron chi connectivity index (χ3n) is 5.94. The lowest BCUT2D eigenvalue weighted by Gasteiger charge is -2.35. The summed E-state index contributed by atoms with van der Waals surface area (Å²) in [6.07, 6.45) is 9.75. The number of aromatic nitrogens is 4. The van der Waals surface area contributed by atoms with Crippen LogP contribution >= 0.6 is 0 Å². The monoisotopic (exact) mass is 465 g/mol. The maximum Gasteiger partial charge on any atom is 0.324 e. The van der Waals surface area contributed by atoms with Gasteiger partial charge in [0.05, 0.1) is 24.6 Å². The zero-order valence-corrected chi connectivity index (χ0v) is 19.6. The van der Waals surface area contributed by atoms with Crippen LogP contribution in [0.3, 0.4) is 0 Å². The Labute approximate surface area is 188 Å². The highest BCUT2D eigenvalue weighted by molar-refractivity contribution is 7.90. The van der Waals surface area contributed by atoms with E-state index in [2.05, 4.69) is 38.9 Å². The van der Waals surface area contributed by atoms with Crippen LogP contribution in [0.1, 0.15) is 64.1 Å². The fraction of sp³-hybridized carbons (Fsp3) is 0.714. The molecule has 176 valence electrons. The molecule has 1 saturated heterocycles. The van der Waals surface area contributed by atoms with Gasteiger partial charge in [-0.3, -0.25) is 0 Å². The van der Waals surface area contributed by atoms with Crippen LogP contribution in [0.25, 0.3) is 0 Å². The third-order valence-corrected chi connectivity index (χ3v) is 6.91. The highest BCUT2D eigenvalue weighted by Gasteiger charge is 2.29. The van der Waals surface area contributed by atoms with E-state index in [9.17, 15) is 8.42 Å². The average Bonchev–Trinajstić information content (AvgIpc) is 3.26. The molecule has 0 unspecified atom stereocenters. The van der Waals surface area contributed by atoms with Crippen LogP contribution < -0.4 is 9.64 Å². The number of hydrogen-bond acceptors (Lipinski definition) is 10. The summed E-state index contributed by atoms with van der Waals surface area (Å²) in [6, 6.07) is 0.609. The standard InChI is InChI=1S/C21H31N5O5S/c1-14(2)20-24-21(31-25-20)26-10-8-17(9-11-26)29-15-4-6-16(7-5-15)30-18-12-23-19(13-22-18)32(3,27)28/h12-17H,4-11H2,1-3H3. The highest BCUT2D eigenvalue weighted by atomic mass is 32.2. The zero-order valence-electron chi connectivity index (χ0n) is 18.8. The van der Waals surface area contributed by atoms with E-state index >= 15 is 0 Å². The van der Waals surface area contributed by atoms with Crippen LogP contribution in [0.2, 0.25) is 0 Å². The minimum Gasteiger partial charge on any atom is -0.473 e.